The van der Waals surface area contributed by atoms with E-state index in [4.69, 9.17) is 0 Å². The van der Waals surface area contributed by atoms with E-state index in [9.17, 15) is 15.0 Å². The second kappa shape index (κ2) is 5.72. The summed E-state index contributed by atoms with van der Waals surface area (Å²) in [7, 11) is 0. The first kappa shape index (κ1) is 16.9. The Labute approximate surface area is 146 Å². The van der Waals surface area contributed by atoms with Crippen LogP contribution in [-0.4, -0.2) is 22.8 Å². The van der Waals surface area contributed by atoms with Gasteiger partial charge in [0.1, 0.15) is 0 Å². The topological polar surface area (TPSA) is 57.5 Å². The van der Waals surface area contributed by atoms with Crippen molar-refractivity contribution in [3.05, 3.63) is 0 Å². The van der Waals surface area contributed by atoms with E-state index in [0.29, 0.717) is 30.3 Å². The lowest BCUT2D eigenvalue weighted by atomic mass is 9.44. The Bertz CT molecular complexity index is 517. The highest BCUT2D eigenvalue weighted by Crippen LogP contribution is 2.67. The second-order valence-electron chi connectivity index (χ2n) is 9.93. The summed E-state index contributed by atoms with van der Waals surface area (Å²) >= 11 is 0. The lowest BCUT2D eigenvalue weighted by molar-refractivity contribution is -0.159. The first-order chi connectivity index (χ1) is 11.4. The summed E-state index contributed by atoms with van der Waals surface area (Å²) in [6.07, 6.45) is 10.5. The Morgan fingerprint density at radius 3 is 2.54 bits per heavy atom. The molecule has 0 heterocycles. The average molecular weight is 335 g/mol. The van der Waals surface area contributed by atoms with E-state index >= 15 is 0 Å². The van der Waals surface area contributed by atoms with E-state index < -0.39 is 5.97 Å². The summed E-state index contributed by atoms with van der Waals surface area (Å²) in [6.45, 7) is 5.00. The minimum Gasteiger partial charge on any atom is -0.481 e. The monoisotopic (exact) mass is 334 g/mol. The molecule has 24 heavy (non-hydrogen) atoms. The van der Waals surface area contributed by atoms with Crippen LogP contribution in [0.1, 0.15) is 71.6 Å². The van der Waals surface area contributed by atoms with Crippen molar-refractivity contribution in [3.63, 3.8) is 0 Å². The van der Waals surface area contributed by atoms with E-state index in [1.807, 2.05) is 0 Å². The Kier molecular flexibility index (Phi) is 4.02. The van der Waals surface area contributed by atoms with Crippen LogP contribution < -0.4 is 0 Å². The lowest BCUT2D eigenvalue weighted by Gasteiger charge is -2.61. The SMILES string of the molecule is CC1CCC2(CO)C(CCC3C4CCC(C(=O)O)C4(C)CCC32)C1. The molecule has 0 aromatic heterocycles. The molecule has 0 spiro atoms. The van der Waals surface area contributed by atoms with Gasteiger partial charge in [-0.25, -0.2) is 0 Å². The van der Waals surface area contributed by atoms with Crippen molar-refractivity contribution in [2.24, 2.45) is 46.3 Å². The van der Waals surface area contributed by atoms with Gasteiger partial charge < -0.3 is 10.2 Å². The van der Waals surface area contributed by atoms with Crippen LogP contribution in [0, 0.1) is 46.3 Å². The number of rotatable bonds is 2. The molecule has 0 aromatic carbocycles. The maximum atomic E-state index is 11.8. The van der Waals surface area contributed by atoms with Gasteiger partial charge in [-0.2, -0.15) is 0 Å². The molecule has 2 N–H and O–H groups in total. The molecule has 0 saturated heterocycles. The smallest absolute Gasteiger partial charge is 0.307 e. The molecule has 0 aromatic rings. The molecule has 8 atom stereocenters. The van der Waals surface area contributed by atoms with Crippen LogP contribution in [0.2, 0.25) is 0 Å². The normalized spacial score (nSPS) is 53.8. The zero-order chi connectivity index (χ0) is 17.1. The van der Waals surface area contributed by atoms with Crippen molar-refractivity contribution in [2.75, 3.05) is 6.61 Å². The van der Waals surface area contributed by atoms with Gasteiger partial charge in [0.2, 0.25) is 0 Å². The summed E-state index contributed by atoms with van der Waals surface area (Å²) in [6, 6.07) is 0. The number of aliphatic hydroxyl groups excluding tert-OH is 1. The molecule has 4 fully saturated rings. The van der Waals surface area contributed by atoms with Gasteiger partial charge in [0.25, 0.3) is 0 Å². The van der Waals surface area contributed by atoms with Gasteiger partial charge in [-0.3, -0.25) is 4.79 Å². The van der Waals surface area contributed by atoms with Gasteiger partial charge in [-0.15, -0.1) is 0 Å². The minimum atomic E-state index is -0.574. The molecule has 0 aliphatic heterocycles. The number of carboxylic acids is 1. The van der Waals surface area contributed by atoms with Gasteiger partial charge in [-0.05, 0) is 91.8 Å². The maximum Gasteiger partial charge on any atom is 0.307 e. The third-order valence-corrected chi connectivity index (χ3v) is 9.22. The molecule has 0 radical (unpaired) electrons. The van der Waals surface area contributed by atoms with Gasteiger partial charge in [0.15, 0.2) is 0 Å². The van der Waals surface area contributed by atoms with Crippen LogP contribution in [0.25, 0.3) is 0 Å². The van der Waals surface area contributed by atoms with Crippen molar-refractivity contribution in [1.29, 1.82) is 0 Å². The van der Waals surface area contributed by atoms with E-state index in [0.717, 1.165) is 31.6 Å². The third kappa shape index (κ3) is 2.15. The van der Waals surface area contributed by atoms with Crippen LogP contribution in [0.15, 0.2) is 0 Å². The molecule has 8 unspecified atom stereocenters. The largest absolute Gasteiger partial charge is 0.481 e. The molecular weight excluding hydrogens is 300 g/mol. The standard InChI is InChI=1S/C21H34O3/c1-13-7-10-21(12-22)14(11-13)3-4-15-16-5-6-18(19(23)24)20(16,2)9-8-17(15)21/h13-18,22H,3-12H2,1-2H3,(H,23,24). The molecule has 3 heteroatoms. The van der Waals surface area contributed by atoms with Crippen LogP contribution in [0.5, 0.6) is 0 Å². The Morgan fingerprint density at radius 1 is 1.04 bits per heavy atom. The maximum absolute atomic E-state index is 11.8. The van der Waals surface area contributed by atoms with Crippen molar-refractivity contribution < 1.29 is 15.0 Å². The summed E-state index contributed by atoms with van der Waals surface area (Å²) < 4.78 is 0. The van der Waals surface area contributed by atoms with Gasteiger partial charge in [-0.1, -0.05) is 20.3 Å². The fourth-order valence-electron chi connectivity index (χ4n) is 7.98. The first-order valence-electron chi connectivity index (χ1n) is 10.3. The lowest BCUT2D eigenvalue weighted by Crippen LogP contribution is -2.56. The number of fused-ring (bicyclic) bond motifs is 5. The number of hydrogen-bond acceptors (Lipinski definition) is 2. The fourth-order valence-corrected chi connectivity index (χ4v) is 7.98. The predicted molar refractivity (Wildman–Crippen MR) is 93.4 cm³/mol. The zero-order valence-electron chi connectivity index (χ0n) is 15.3. The van der Waals surface area contributed by atoms with E-state index in [2.05, 4.69) is 13.8 Å². The van der Waals surface area contributed by atoms with Crippen LogP contribution >= 0.6 is 0 Å². The molecule has 4 rings (SSSR count). The fraction of sp³-hybridized carbons (Fsp3) is 0.952. The molecule has 4 saturated carbocycles. The quantitative estimate of drug-likeness (QED) is 0.790. The zero-order valence-corrected chi connectivity index (χ0v) is 15.3. The molecule has 136 valence electrons. The van der Waals surface area contributed by atoms with Crippen molar-refractivity contribution >= 4 is 5.97 Å². The highest BCUT2D eigenvalue weighted by Gasteiger charge is 2.62. The first-order valence-corrected chi connectivity index (χ1v) is 10.3. The third-order valence-electron chi connectivity index (χ3n) is 9.22. The van der Waals surface area contributed by atoms with E-state index in [1.54, 1.807) is 0 Å². The molecule has 3 nitrogen and oxygen atoms in total. The number of aliphatic hydroxyl groups is 1. The van der Waals surface area contributed by atoms with Crippen molar-refractivity contribution in [1.82, 2.24) is 0 Å². The van der Waals surface area contributed by atoms with Gasteiger partial charge in [0.05, 0.1) is 5.92 Å². The van der Waals surface area contributed by atoms with E-state index in [1.165, 1.54) is 32.1 Å². The van der Waals surface area contributed by atoms with Crippen molar-refractivity contribution in [3.8, 4) is 0 Å². The number of carboxylic acid groups (broad SMARTS) is 1. The number of aliphatic carboxylic acids is 1. The Hall–Kier alpha value is -0.570. The van der Waals surface area contributed by atoms with E-state index in [-0.39, 0.29) is 16.7 Å². The molecular formula is C21H34O3. The summed E-state index contributed by atoms with van der Waals surface area (Å²) in [5.41, 5.74) is 0.149. The summed E-state index contributed by atoms with van der Waals surface area (Å²) in [5, 5.41) is 20.1. The summed E-state index contributed by atoms with van der Waals surface area (Å²) in [4.78, 5) is 11.8. The number of hydrogen-bond donors (Lipinski definition) is 2. The summed E-state index contributed by atoms with van der Waals surface area (Å²) in [5.74, 6) is 2.66. The van der Waals surface area contributed by atoms with Crippen LogP contribution in [-0.2, 0) is 4.79 Å². The predicted octanol–water partition coefficient (Wildman–Crippen LogP) is 4.34. The van der Waals surface area contributed by atoms with Crippen LogP contribution in [0.3, 0.4) is 0 Å². The Balaban J connectivity index is 1.64. The molecule has 4 aliphatic rings. The average Bonchev–Trinajstić information content (AvgIpc) is 2.91. The molecule has 0 bridgehead atoms. The van der Waals surface area contributed by atoms with Crippen molar-refractivity contribution in [2.45, 2.75) is 71.6 Å². The number of carbonyl (C=O) groups is 1. The van der Waals surface area contributed by atoms with Gasteiger partial charge >= 0.3 is 5.97 Å². The molecule has 4 aliphatic carbocycles. The highest BCUT2D eigenvalue weighted by atomic mass is 16.4. The second-order valence-corrected chi connectivity index (χ2v) is 9.93. The van der Waals surface area contributed by atoms with Gasteiger partial charge in [0, 0.05) is 6.61 Å². The highest BCUT2D eigenvalue weighted by molar-refractivity contribution is 5.71. The molecule has 0 amide bonds. The Morgan fingerprint density at radius 2 is 1.83 bits per heavy atom. The minimum absolute atomic E-state index is 0.00155. The van der Waals surface area contributed by atoms with Crippen LogP contribution in [0.4, 0.5) is 0 Å².